The number of piperidine rings is 1. The molecule has 1 aromatic rings. The van der Waals surface area contributed by atoms with Crippen LogP contribution >= 0.6 is 0 Å². The highest BCUT2D eigenvalue weighted by Gasteiger charge is 2.35. The van der Waals surface area contributed by atoms with E-state index in [2.05, 4.69) is 17.6 Å². The molecule has 2 saturated heterocycles. The predicted molar refractivity (Wildman–Crippen MR) is 145 cm³/mol. The Morgan fingerprint density at radius 1 is 1.00 bits per heavy atom. The van der Waals surface area contributed by atoms with Crippen LogP contribution in [0, 0.1) is 5.92 Å². The number of imide groups is 1. The first-order valence-corrected chi connectivity index (χ1v) is 14.3. The summed E-state index contributed by atoms with van der Waals surface area (Å²) in [7, 11) is 0. The van der Waals surface area contributed by atoms with Crippen molar-refractivity contribution in [1.82, 2.24) is 20.4 Å². The van der Waals surface area contributed by atoms with Gasteiger partial charge in [-0.2, -0.15) is 0 Å². The number of carbonyl (C=O) groups is 4. The molecular weight excluding hydrogens is 484 g/mol. The van der Waals surface area contributed by atoms with Gasteiger partial charge in [-0.25, -0.2) is 4.79 Å². The molecule has 2 fully saturated rings. The zero-order chi connectivity index (χ0) is 27.3. The molecule has 5 amide bonds. The van der Waals surface area contributed by atoms with Gasteiger partial charge in [0, 0.05) is 38.4 Å². The SMILES string of the molecule is CCCCCC(CC(=O)NC(=O)N1CCCCC1)C(=O)NC(Cc1ccccc1)C(=O)N1CCCC1CO. The second kappa shape index (κ2) is 15.5. The Kier molecular flexibility index (Phi) is 12.1. The maximum atomic E-state index is 13.6. The molecule has 3 N–H and O–H groups in total. The molecule has 2 aliphatic heterocycles. The van der Waals surface area contributed by atoms with Gasteiger partial charge in [-0.3, -0.25) is 19.7 Å². The van der Waals surface area contributed by atoms with Gasteiger partial charge in [-0.15, -0.1) is 0 Å². The Morgan fingerprint density at radius 2 is 1.74 bits per heavy atom. The number of aliphatic hydroxyl groups is 1. The third-order valence-electron chi connectivity index (χ3n) is 7.62. The van der Waals surface area contributed by atoms with E-state index in [1.165, 1.54) is 0 Å². The first-order valence-electron chi connectivity index (χ1n) is 14.3. The van der Waals surface area contributed by atoms with Crippen LogP contribution in [0.1, 0.15) is 76.7 Å². The number of likely N-dealkylation sites (tertiary alicyclic amines) is 2. The maximum Gasteiger partial charge on any atom is 0.324 e. The smallest absolute Gasteiger partial charge is 0.324 e. The first-order chi connectivity index (χ1) is 18.4. The molecule has 3 unspecified atom stereocenters. The Labute approximate surface area is 226 Å². The highest BCUT2D eigenvalue weighted by molar-refractivity contribution is 5.97. The first kappa shape index (κ1) is 29.6. The number of nitrogens with zero attached hydrogens (tertiary/aromatic N) is 2. The molecule has 9 nitrogen and oxygen atoms in total. The van der Waals surface area contributed by atoms with E-state index >= 15 is 0 Å². The fourth-order valence-electron chi connectivity index (χ4n) is 5.39. The lowest BCUT2D eigenvalue weighted by Gasteiger charge is -2.30. The summed E-state index contributed by atoms with van der Waals surface area (Å²) in [6, 6.07) is 8.06. The average Bonchev–Trinajstić information content (AvgIpc) is 3.42. The van der Waals surface area contributed by atoms with Gasteiger partial charge < -0.3 is 20.2 Å². The van der Waals surface area contributed by atoms with Gasteiger partial charge in [0.05, 0.1) is 12.6 Å². The van der Waals surface area contributed by atoms with Crippen molar-refractivity contribution in [2.45, 2.75) is 89.6 Å². The van der Waals surface area contributed by atoms with Crippen molar-refractivity contribution in [2.24, 2.45) is 5.92 Å². The summed E-state index contributed by atoms with van der Waals surface area (Å²) >= 11 is 0. The molecule has 0 bridgehead atoms. The Hall–Kier alpha value is -2.94. The molecule has 2 heterocycles. The maximum absolute atomic E-state index is 13.6. The molecule has 0 aromatic heterocycles. The van der Waals surface area contributed by atoms with E-state index in [0.29, 0.717) is 32.5 Å². The number of hydrogen-bond acceptors (Lipinski definition) is 5. The van der Waals surface area contributed by atoms with Gasteiger partial charge in [0.1, 0.15) is 6.04 Å². The van der Waals surface area contributed by atoms with Gasteiger partial charge in [0.25, 0.3) is 0 Å². The van der Waals surface area contributed by atoms with E-state index in [0.717, 1.165) is 56.9 Å². The van der Waals surface area contributed by atoms with Crippen molar-refractivity contribution >= 4 is 23.8 Å². The van der Waals surface area contributed by atoms with Crippen molar-refractivity contribution in [3.63, 3.8) is 0 Å². The number of rotatable bonds is 12. The average molecular weight is 529 g/mol. The third kappa shape index (κ3) is 8.82. The normalized spacial score (nSPS) is 19.1. The number of urea groups is 1. The van der Waals surface area contributed by atoms with E-state index in [9.17, 15) is 24.3 Å². The topological polar surface area (TPSA) is 119 Å². The van der Waals surface area contributed by atoms with Crippen LogP contribution in [0.25, 0.3) is 0 Å². The molecule has 0 aliphatic carbocycles. The van der Waals surface area contributed by atoms with E-state index in [1.807, 2.05) is 30.3 Å². The van der Waals surface area contributed by atoms with E-state index in [4.69, 9.17) is 0 Å². The molecule has 9 heteroatoms. The highest BCUT2D eigenvalue weighted by Crippen LogP contribution is 2.20. The zero-order valence-corrected chi connectivity index (χ0v) is 22.7. The lowest BCUT2D eigenvalue weighted by Crippen LogP contribution is -2.53. The van der Waals surface area contributed by atoms with Gasteiger partial charge in [-0.05, 0) is 44.1 Å². The summed E-state index contributed by atoms with van der Waals surface area (Å²) in [6.07, 6.45) is 7.87. The zero-order valence-electron chi connectivity index (χ0n) is 22.7. The lowest BCUT2D eigenvalue weighted by molar-refractivity contribution is -0.139. The van der Waals surface area contributed by atoms with Crippen LogP contribution in [-0.4, -0.2) is 77.0 Å². The molecule has 0 saturated carbocycles. The minimum absolute atomic E-state index is 0.107. The molecular formula is C29H44N4O5. The Bertz CT molecular complexity index is 919. The van der Waals surface area contributed by atoms with Gasteiger partial charge in [0.15, 0.2) is 0 Å². The van der Waals surface area contributed by atoms with Crippen molar-refractivity contribution < 1.29 is 24.3 Å². The third-order valence-corrected chi connectivity index (χ3v) is 7.62. The summed E-state index contributed by atoms with van der Waals surface area (Å²) < 4.78 is 0. The summed E-state index contributed by atoms with van der Waals surface area (Å²) in [5, 5.41) is 15.2. The highest BCUT2D eigenvalue weighted by atomic mass is 16.3. The second-order valence-corrected chi connectivity index (χ2v) is 10.6. The number of hydrogen-bond donors (Lipinski definition) is 3. The molecule has 3 atom stereocenters. The number of unbranched alkanes of at least 4 members (excludes halogenated alkanes) is 2. The van der Waals surface area contributed by atoms with Crippen LogP contribution in [0.2, 0.25) is 0 Å². The summed E-state index contributed by atoms with van der Waals surface area (Å²) in [5.41, 5.74) is 0.915. The van der Waals surface area contributed by atoms with Crippen LogP contribution < -0.4 is 10.6 Å². The van der Waals surface area contributed by atoms with Crippen molar-refractivity contribution in [3.8, 4) is 0 Å². The molecule has 2 aliphatic rings. The van der Waals surface area contributed by atoms with Crippen LogP contribution in [0.3, 0.4) is 0 Å². The second-order valence-electron chi connectivity index (χ2n) is 10.6. The minimum atomic E-state index is -0.802. The Morgan fingerprint density at radius 3 is 2.42 bits per heavy atom. The number of carbonyl (C=O) groups excluding carboxylic acids is 4. The largest absolute Gasteiger partial charge is 0.394 e. The van der Waals surface area contributed by atoms with Crippen LogP contribution in [0.4, 0.5) is 4.79 Å². The fourth-order valence-corrected chi connectivity index (χ4v) is 5.39. The number of amides is 5. The van der Waals surface area contributed by atoms with E-state index in [-0.39, 0.29) is 30.9 Å². The standard InChI is InChI=1S/C29H44N4O5/c1-2-3-6-14-23(20-26(35)31-29(38)32-16-9-5-10-17-32)27(36)30-25(19-22-12-7-4-8-13-22)28(37)33-18-11-15-24(33)21-34/h4,7-8,12-13,23-25,34H,2-3,5-6,9-11,14-21H2,1H3,(H,30,36)(H,31,35,38). The monoisotopic (exact) mass is 528 g/mol. The summed E-state index contributed by atoms with van der Waals surface area (Å²) in [4.78, 5) is 55.7. The van der Waals surface area contributed by atoms with Crippen LogP contribution in [0.5, 0.6) is 0 Å². The molecule has 0 spiro atoms. The molecule has 210 valence electrons. The summed E-state index contributed by atoms with van der Waals surface area (Å²) in [6.45, 7) is 3.78. The van der Waals surface area contributed by atoms with E-state index in [1.54, 1.807) is 9.80 Å². The van der Waals surface area contributed by atoms with Gasteiger partial charge >= 0.3 is 6.03 Å². The number of nitrogens with one attached hydrogen (secondary N) is 2. The molecule has 1 aromatic carbocycles. The fraction of sp³-hybridized carbons (Fsp3) is 0.655. The van der Waals surface area contributed by atoms with Gasteiger partial charge in [-0.1, -0.05) is 56.5 Å². The number of aliphatic hydroxyl groups excluding tert-OH is 1. The predicted octanol–water partition coefficient (Wildman–Crippen LogP) is 3.01. The molecule has 38 heavy (non-hydrogen) atoms. The van der Waals surface area contributed by atoms with Crippen molar-refractivity contribution in [3.05, 3.63) is 35.9 Å². The van der Waals surface area contributed by atoms with Crippen molar-refractivity contribution in [2.75, 3.05) is 26.2 Å². The van der Waals surface area contributed by atoms with E-state index < -0.39 is 23.9 Å². The lowest BCUT2D eigenvalue weighted by atomic mass is 9.95. The van der Waals surface area contributed by atoms with Crippen molar-refractivity contribution in [1.29, 1.82) is 0 Å². The number of benzene rings is 1. The van der Waals surface area contributed by atoms with Gasteiger partial charge in [0.2, 0.25) is 17.7 Å². The Balaban J connectivity index is 1.70. The quantitative estimate of drug-likeness (QED) is 0.361. The molecule has 3 rings (SSSR count). The van der Waals surface area contributed by atoms with Crippen LogP contribution in [-0.2, 0) is 20.8 Å². The van der Waals surface area contributed by atoms with Crippen LogP contribution in [0.15, 0.2) is 30.3 Å². The molecule has 0 radical (unpaired) electrons. The summed E-state index contributed by atoms with van der Waals surface area (Å²) in [5.74, 6) is -1.68. The minimum Gasteiger partial charge on any atom is -0.394 e.